The van der Waals surface area contributed by atoms with Gasteiger partial charge in [0.25, 0.3) is 0 Å². The van der Waals surface area contributed by atoms with E-state index in [1.165, 1.54) is 5.39 Å². The zero-order valence-corrected chi connectivity index (χ0v) is 13.8. The third-order valence-corrected chi connectivity index (χ3v) is 4.99. The molecule has 1 aromatic heterocycles. The van der Waals surface area contributed by atoms with Crippen LogP contribution in [0.15, 0.2) is 66.7 Å². The topological polar surface area (TPSA) is 42.0 Å². The number of rotatable bonds is 4. The van der Waals surface area contributed by atoms with Gasteiger partial charge in [-0.2, -0.15) is 0 Å². The summed E-state index contributed by atoms with van der Waals surface area (Å²) in [7, 11) is 0. The molecule has 0 saturated heterocycles. The summed E-state index contributed by atoms with van der Waals surface area (Å²) >= 11 is 1.62. The summed E-state index contributed by atoms with van der Waals surface area (Å²) in [5, 5.41) is 6.25. The first-order valence-electron chi connectivity index (χ1n) is 7.87. The van der Waals surface area contributed by atoms with Crippen LogP contribution in [0.1, 0.15) is 10.6 Å². The molecule has 0 aliphatic rings. The van der Waals surface area contributed by atoms with Crippen LogP contribution in [-0.4, -0.2) is 10.9 Å². The second kappa shape index (κ2) is 6.42. The average molecular weight is 332 g/mol. The highest BCUT2D eigenvalue weighted by atomic mass is 32.1. The number of nitrogens with zero attached hydrogens (tertiary/aromatic N) is 1. The molecule has 0 bridgehead atoms. The maximum Gasteiger partial charge on any atom is 0.224 e. The predicted octanol–water partition coefficient (Wildman–Crippen LogP) is 4.31. The third-order valence-electron chi connectivity index (χ3n) is 3.95. The molecule has 4 heteroatoms. The molecule has 1 amide bonds. The maximum atomic E-state index is 12.2. The van der Waals surface area contributed by atoms with Gasteiger partial charge in [0.1, 0.15) is 5.01 Å². The molecule has 4 aromatic rings. The van der Waals surface area contributed by atoms with E-state index in [-0.39, 0.29) is 5.91 Å². The smallest absolute Gasteiger partial charge is 0.224 e. The lowest BCUT2D eigenvalue weighted by molar-refractivity contribution is -0.120. The van der Waals surface area contributed by atoms with E-state index in [4.69, 9.17) is 0 Å². The number of para-hydroxylation sites is 1. The zero-order chi connectivity index (χ0) is 16.4. The Balaban J connectivity index is 1.42. The summed E-state index contributed by atoms with van der Waals surface area (Å²) in [5.74, 6) is 0.0181. The van der Waals surface area contributed by atoms with Gasteiger partial charge in [0, 0.05) is 0 Å². The normalized spacial score (nSPS) is 11.0. The van der Waals surface area contributed by atoms with Crippen LogP contribution in [0, 0.1) is 0 Å². The molecule has 3 nitrogen and oxygen atoms in total. The van der Waals surface area contributed by atoms with Crippen LogP contribution in [0.3, 0.4) is 0 Å². The van der Waals surface area contributed by atoms with Crippen molar-refractivity contribution in [2.75, 3.05) is 0 Å². The van der Waals surface area contributed by atoms with Crippen molar-refractivity contribution >= 4 is 38.2 Å². The van der Waals surface area contributed by atoms with Crippen molar-refractivity contribution in [3.63, 3.8) is 0 Å². The number of carbonyl (C=O) groups is 1. The van der Waals surface area contributed by atoms with Crippen molar-refractivity contribution < 1.29 is 4.79 Å². The molecule has 118 valence electrons. The molecule has 0 unspecified atom stereocenters. The summed E-state index contributed by atoms with van der Waals surface area (Å²) in [6, 6.07) is 22.3. The lowest BCUT2D eigenvalue weighted by atomic mass is 10.1. The van der Waals surface area contributed by atoms with Crippen molar-refractivity contribution in [2.45, 2.75) is 13.0 Å². The SMILES string of the molecule is O=C(Cc1ccc2ccccc2c1)NCc1nc2ccccc2s1. The summed E-state index contributed by atoms with van der Waals surface area (Å²) in [6.07, 6.45) is 0.385. The Hall–Kier alpha value is -2.72. The highest BCUT2D eigenvalue weighted by Crippen LogP contribution is 2.21. The van der Waals surface area contributed by atoms with Crippen molar-refractivity contribution in [1.29, 1.82) is 0 Å². The number of nitrogens with one attached hydrogen (secondary N) is 1. The van der Waals surface area contributed by atoms with Crippen LogP contribution in [0.4, 0.5) is 0 Å². The fourth-order valence-electron chi connectivity index (χ4n) is 2.77. The Morgan fingerprint density at radius 1 is 0.958 bits per heavy atom. The molecular weight excluding hydrogens is 316 g/mol. The number of thiazole rings is 1. The van der Waals surface area contributed by atoms with Gasteiger partial charge in [-0.15, -0.1) is 11.3 Å². The van der Waals surface area contributed by atoms with Crippen molar-refractivity contribution in [3.8, 4) is 0 Å². The largest absolute Gasteiger partial charge is 0.349 e. The van der Waals surface area contributed by atoms with Gasteiger partial charge in [0.05, 0.1) is 23.2 Å². The molecule has 0 spiro atoms. The average Bonchev–Trinajstić information content (AvgIpc) is 3.03. The molecule has 0 radical (unpaired) electrons. The van der Waals surface area contributed by atoms with Gasteiger partial charge >= 0.3 is 0 Å². The number of hydrogen-bond acceptors (Lipinski definition) is 3. The van der Waals surface area contributed by atoms with Gasteiger partial charge in [-0.05, 0) is 28.5 Å². The lowest BCUT2D eigenvalue weighted by Crippen LogP contribution is -2.24. The van der Waals surface area contributed by atoms with Gasteiger partial charge in [-0.3, -0.25) is 4.79 Å². The van der Waals surface area contributed by atoms with Crippen LogP contribution in [0.5, 0.6) is 0 Å². The molecule has 0 fully saturated rings. The molecule has 0 aliphatic heterocycles. The monoisotopic (exact) mass is 332 g/mol. The molecule has 0 saturated carbocycles. The molecule has 1 heterocycles. The summed E-state index contributed by atoms with van der Waals surface area (Å²) in [4.78, 5) is 16.7. The number of amides is 1. The van der Waals surface area contributed by atoms with E-state index in [9.17, 15) is 4.79 Å². The molecule has 0 atom stereocenters. The first-order valence-corrected chi connectivity index (χ1v) is 8.68. The van der Waals surface area contributed by atoms with E-state index < -0.39 is 0 Å². The molecule has 1 N–H and O–H groups in total. The number of fused-ring (bicyclic) bond motifs is 2. The Morgan fingerprint density at radius 2 is 1.75 bits per heavy atom. The fraction of sp³-hybridized carbons (Fsp3) is 0.100. The zero-order valence-electron chi connectivity index (χ0n) is 13.0. The third kappa shape index (κ3) is 3.14. The Labute approximate surface area is 144 Å². The second-order valence-electron chi connectivity index (χ2n) is 5.71. The van der Waals surface area contributed by atoms with E-state index in [0.29, 0.717) is 13.0 Å². The highest BCUT2D eigenvalue weighted by Gasteiger charge is 2.07. The first-order chi connectivity index (χ1) is 11.8. The summed E-state index contributed by atoms with van der Waals surface area (Å²) < 4.78 is 1.15. The minimum atomic E-state index is 0.0181. The van der Waals surface area contributed by atoms with Gasteiger partial charge in [-0.1, -0.05) is 54.6 Å². The minimum Gasteiger partial charge on any atom is -0.349 e. The van der Waals surface area contributed by atoms with Crippen molar-refractivity contribution in [2.24, 2.45) is 0 Å². The minimum absolute atomic E-state index is 0.0181. The van der Waals surface area contributed by atoms with Crippen LogP contribution >= 0.6 is 11.3 Å². The van der Waals surface area contributed by atoms with E-state index in [1.807, 2.05) is 42.5 Å². The van der Waals surface area contributed by atoms with Crippen LogP contribution < -0.4 is 5.32 Å². The van der Waals surface area contributed by atoms with Crippen molar-refractivity contribution in [1.82, 2.24) is 10.3 Å². The fourth-order valence-corrected chi connectivity index (χ4v) is 3.67. The van der Waals surface area contributed by atoms with Crippen molar-refractivity contribution in [3.05, 3.63) is 77.3 Å². The molecule has 0 aliphatic carbocycles. The molecule has 3 aromatic carbocycles. The second-order valence-corrected chi connectivity index (χ2v) is 6.83. The van der Waals surface area contributed by atoms with Crippen LogP contribution in [0.25, 0.3) is 21.0 Å². The molecule has 24 heavy (non-hydrogen) atoms. The molecule has 4 rings (SSSR count). The van der Waals surface area contributed by atoms with E-state index in [2.05, 4.69) is 34.6 Å². The van der Waals surface area contributed by atoms with Gasteiger partial charge in [-0.25, -0.2) is 4.98 Å². The number of carbonyl (C=O) groups excluding carboxylic acids is 1. The Morgan fingerprint density at radius 3 is 2.62 bits per heavy atom. The van der Waals surface area contributed by atoms with Gasteiger partial charge in [0.15, 0.2) is 0 Å². The van der Waals surface area contributed by atoms with Gasteiger partial charge in [0.2, 0.25) is 5.91 Å². The predicted molar refractivity (Wildman–Crippen MR) is 99.1 cm³/mol. The lowest BCUT2D eigenvalue weighted by Gasteiger charge is -2.05. The quantitative estimate of drug-likeness (QED) is 0.605. The Kier molecular flexibility index (Phi) is 3.97. The maximum absolute atomic E-state index is 12.2. The van der Waals surface area contributed by atoms with Crippen LogP contribution in [-0.2, 0) is 17.8 Å². The van der Waals surface area contributed by atoms with Crippen LogP contribution in [0.2, 0.25) is 0 Å². The first kappa shape index (κ1) is 14.8. The highest BCUT2D eigenvalue weighted by molar-refractivity contribution is 7.18. The molecular formula is C20H16N2OS. The Bertz CT molecular complexity index is 989. The standard InChI is InChI=1S/C20H16N2OS/c23-19(12-14-9-10-15-5-1-2-6-16(15)11-14)21-13-20-22-17-7-3-4-8-18(17)24-20/h1-11H,12-13H2,(H,21,23). The summed E-state index contributed by atoms with van der Waals surface area (Å²) in [5.41, 5.74) is 2.01. The van der Waals surface area contributed by atoms with E-state index >= 15 is 0 Å². The van der Waals surface area contributed by atoms with Gasteiger partial charge < -0.3 is 5.32 Å². The van der Waals surface area contributed by atoms with E-state index in [0.717, 1.165) is 26.2 Å². The number of hydrogen-bond donors (Lipinski definition) is 1. The number of aromatic nitrogens is 1. The number of benzene rings is 3. The summed E-state index contributed by atoms with van der Waals surface area (Å²) in [6.45, 7) is 0.478. The van der Waals surface area contributed by atoms with E-state index in [1.54, 1.807) is 11.3 Å².